The van der Waals surface area contributed by atoms with Crippen molar-refractivity contribution in [3.63, 3.8) is 0 Å². The van der Waals surface area contributed by atoms with Crippen LogP contribution in [0.5, 0.6) is 5.75 Å². The van der Waals surface area contributed by atoms with Gasteiger partial charge < -0.3 is 14.5 Å². The highest BCUT2D eigenvalue weighted by atomic mass is 32.2. The van der Waals surface area contributed by atoms with Crippen molar-refractivity contribution in [3.8, 4) is 5.75 Å². The molecule has 0 atom stereocenters. The van der Waals surface area contributed by atoms with Crippen LogP contribution in [0.2, 0.25) is 0 Å². The highest BCUT2D eigenvalue weighted by molar-refractivity contribution is 7.92. The summed E-state index contributed by atoms with van der Waals surface area (Å²) in [4.78, 5) is 17.7. The summed E-state index contributed by atoms with van der Waals surface area (Å²) in [5.74, 6) is 0.615. The molecule has 8 nitrogen and oxygen atoms in total. The van der Waals surface area contributed by atoms with Gasteiger partial charge in [0.1, 0.15) is 22.9 Å². The summed E-state index contributed by atoms with van der Waals surface area (Å²) >= 11 is 1.02. The molecule has 3 aromatic rings. The van der Waals surface area contributed by atoms with Crippen LogP contribution in [0.15, 0.2) is 59.1 Å². The predicted octanol–water partition coefficient (Wildman–Crippen LogP) is 1.68. The van der Waals surface area contributed by atoms with Gasteiger partial charge in [-0.3, -0.25) is 4.57 Å². The zero-order valence-corrected chi connectivity index (χ0v) is 16.6. The fourth-order valence-electron chi connectivity index (χ4n) is 2.31. The molecule has 0 spiro atoms. The summed E-state index contributed by atoms with van der Waals surface area (Å²) in [6, 6.07) is 12.5. The molecule has 11 heteroatoms. The van der Waals surface area contributed by atoms with Crippen molar-refractivity contribution in [2.75, 3.05) is 12.9 Å². The van der Waals surface area contributed by atoms with Crippen LogP contribution in [-0.4, -0.2) is 31.1 Å². The molecule has 1 aromatic carbocycles. The maximum atomic E-state index is 12.2. The van der Waals surface area contributed by atoms with Crippen molar-refractivity contribution < 1.29 is 32.1 Å². The zero-order valence-electron chi connectivity index (χ0n) is 14.1. The first-order valence-electron chi connectivity index (χ1n) is 7.88. The number of thiophene rings is 1. The summed E-state index contributed by atoms with van der Waals surface area (Å²) in [6.45, 7) is 1.13. The smallest absolute Gasteiger partial charge is 0.340 e. The SMILES string of the molecule is O=P(O)(O)CNS(=O)(=O)c1cc2cc(OCC[n+]3ccccc3)ccc2s1. The van der Waals surface area contributed by atoms with Gasteiger partial charge in [0.15, 0.2) is 18.9 Å². The first-order chi connectivity index (χ1) is 12.7. The lowest BCUT2D eigenvalue weighted by Gasteiger charge is -2.05. The van der Waals surface area contributed by atoms with E-state index in [2.05, 4.69) is 0 Å². The predicted molar refractivity (Wildman–Crippen MR) is 101 cm³/mol. The maximum Gasteiger partial charge on any atom is 0.340 e. The van der Waals surface area contributed by atoms with Gasteiger partial charge >= 0.3 is 7.60 Å². The number of rotatable bonds is 8. The molecule has 0 bridgehead atoms. The second-order valence-electron chi connectivity index (χ2n) is 5.70. The van der Waals surface area contributed by atoms with E-state index in [1.807, 2.05) is 39.9 Å². The summed E-state index contributed by atoms with van der Waals surface area (Å²) in [5, 5.41) is 0.682. The van der Waals surface area contributed by atoms with Gasteiger partial charge in [-0.1, -0.05) is 6.07 Å². The second kappa shape index (κ2) is 8.05. The molecule has 0 saturated carbocycles. The van der Waals surface area contributed by atoms with Gasteiger partial charge in [0, 0.05) is 16.8 Å². The van der Waals surface area contributed by atoms with Crippen molar-refractivity contribution in [1.82, 2.24) is 4.72 Å². The van der Waals surface area contributed by atoms with Crippen molar-refractivity contribution in [2.45, 2.75) is 10.8 Å². The highest BCUT2D eigenvalue weighted by Gasteiger charge is 2.22. The Morgan fingerprint density at radius 2 is 1.89 bits per heavy atom. The second-order valence-corrected chi connectivity index (χ2v) is 10.4. The molecule has 0 unspecified atom stereocenters. The number of sulfonamides is 1. The van der Waals surface area contributed by atoms with Crippen molar-refractivity contribution in [1.29, 1.82) is 0 Å². The fourth-order valence-corrected chi connectivity index (χ4v) is 5.75. The third-order valence-electron chi connectivity index (χ3n) is 3.59. The molecule has 0 aliphatic carbocycles. The van der Waals surface area contributed by atoms with Crippen LogP contribution in [0.25, 0.3) is 10.1 Å². The number of hydrogen-bond donors (Lipinski definition) is 3. The molecule has 2 heterocycles. The molecule has 3 N–H and O–H groups in total. The van der Waals surface area contributed by atoms with E-state index in [1.54, 1.807) is 18.2 Å². The molecular weight excluding hydrogens is 411 g/mol. The fraction of sp³-hybridized carbons (Fsp3) is 0.188. The normalized spacial score (nSPS) is 12.4. The Labute approximate surface area is 160 Å². The Morgan fingerprint density at radius 3 is 2.59 bits per heavy atom. The minimum Gasteiger partial charge on any atom is -0.487 e. The number of aromatic nitrogens is 1. The van der Waals surface area contributed by atoms with Gasteiger partial charge in [0.25, 0.3) is 10.0 Å². The minimum atomic E-state index is -4.47. The van der Waals surface area contributed by atoms with Crippen LogP contribution in [0.3, 0.4) is 0 Å². The van der Waals surface area contributed by atoms with Gasteiger partial charge in [-0.05, 0) is 29.7 Å². The molecule has 144 valence electrons. The largest absolute Gasteiger partial charge is 0.487 e. The summed E-state index contributed by atoms with van der Waals surface area (Å²) < 4.78 is 45.6. The molecule has 0 saturated heterocycles. The molecule has 27 heavy (non-hydrogen) atoms. The van der Waals surface area contributed by atoms with E-state index in [0.29, 0.717) is 24.3 Å². The van der Waals surface area contributed by atoms with E-state index < -0.39 is 23.9 Å². The van der Waals surface area contributed by atoms with Gasteiger partial charge in [-0.25, -0.2) is 13.0 Å². The number of benzene rings is 1. The molecule has 2 aromatic heterocycles. The van der Waals surface area contributed by atoms with Gasteiger partial charge in [-0.2, -0.15) is 4.72 Å². The van der Waals surface area contributed by atoms with E-state index in [-0.39, 0.29) is 4.21 Å². The molecule has 0 amide bonds. The topological polar surface area (TPSA) is 117 Å². The van der Waals surface area contributed by atoms with Crippen LogP contribution < -0.4 is 14.0 Å². The number of pyridine rings is 1. The third-order valence-corrected chi connectivity index (χ3v) is 7.36. The Balaban J connectivity index is 1.70. The van der Waals surface area contributed by atoms with Gasteiger partial charge in [-0.15, -0.1) is 11.3 Å². The lowest BCUT2D eigenvalue weighted by Crippen LogP contribution is -2.35. The number of nitrogens with one attached hydrogen (secondary N) is 1. The number of fused-ring (bicyclic) bond motifs is 1. The van der Waals surface area contributed by atoms with Crippen LogP contribution in [0.4, 0.5) is 0 Å². The molecular formula is C16H18N2O6PS2+. The highest BCUT2D eigenvalue weighted by Crippen LogP contribution is 2.35. The summed E-state index contributed by atoms with van der Waals surface area (Å²) in [6.07, 6.45) is 2.94. The standard InChI is InChI=1S/C16H17N2O6PS2/c19-25(20,21)12-17-27(22,23)16-11-13-10-14(4-5-15(13)26-16)24-9-8-18-6-2-1-3-7-18/h1-7,10-11,17H,8-9,12H2,(H-,19,20,21)/p+1. The number of hydrogen-bond acceptors (Lipinski definition) is 5. The first kappa shape index (κ1) is 19.9. The number of nitrogens with zero attached hydrogens (tertiary/aromatic N) is 1. The lowest BCUT2D eigenvalue weighted by atomic mass is 10.2. The molecule has 0 aliphatic rings. The minimum absolute atomic E-state index is 0.0112. The van der Waals surface area contributed by atoms with Crippen LogP contribution in [0, 0.1) is 0 Å². The van der Waals surface area contributed by atoms with E-state index in [4.69, 9.17) is 14.5 Å². The average molecular weight is 429 g/mol. The average Bonchev–Trinajstić information content (AvgIpc) is 3.05. The van der Waals surface area contributed by atoms with Crippen molar-refractivity contribution in [3.05, 3.63) is 54.9 Å². The van der Waals surface area contributed by atoms with Gasteiger partial charge in [0.2, 0.25) is 0 Å². The zero-order chi connectivity index (χ0) is 19.5. The van der Waals surface area contributed by atoms with E-state index in [9.17, 15) is 13.0 Å². The number of ether oxygens (including phenoxy) is 1. The first-order valence-corrected chi connectivity index (χ1v) is 12.0. The van der Waals surface area contributed by atoms with Crippen molar-refractivity contribution >= 4 is 39.0 Å². The Bertz CT molecular complexity index is 1080. The summed E-state index contributed by atoms with van der Waals surface area (Å²) in [5.41, 5.74) is 0. The Hall–Kier alpha value is -1.81. The summed E-state index contributed by atoms with van der Waals surface area (Å²) in [7, 11) is -8.46. The molecule has 0 radical (unpaired) electrons. The van der Waals surface area contributed by atoms with Crippen LogP contribution in [-0.2, 0) is 21.1 Å². The van der Waals surface area contributed by atoms with Crippen LogP contribution >= 0.6 is 18.9 Å². The van der Waals surface area contributed by atoms with Gasteiger partial charge in [0.05, 0.1) is 0 Å². The molecule has 3 rings (SSSR count). The Kier molecular flexibility index (Phi) is 5.95. The molecule has 0 fully saturated rings. The lowest BCUT2D eigenvalue weighted by molar-refractivity contribution is -0.697. The van der Waals surface area contributed by atoms with E-state index in [0.717, 1.165) is 16.0 Å². The van der Waals surface area contributed by atoms with E-state index >= 15 is 0 Å². The van der Waals surface area contributed by atoms with E-state index in [1.165, 1.54) is 6.07 Å². The monoisotopic (exact) mass is 429 g/mol. The molecule has 0 aliphatic heterocycles. The van der Waals surface area contributed by atoms with Crippen LogP contribution in [0.1, 0.15) is 0 Å². The quantitative estimate of drug-likeness (QED) is 0.371. The maximum absolute atomic E-state index is 12.2. The Morgan fingerprint density at radius 1 is 1.15 bits per heavy atom. The third kappa shape index (κ3) is 5.58. The van der Waals surface area contributed by atoms with Crippen molar-refractivity contribution in [2.24, 2.45) is 0 Å².